The van der Waals surface area contributed by atoms with Crippen molar-refractivity contribution in [1.82, 2.24) is 10.6 Å². The van der Waals surface area contributed by atoms with Crippen LogP contribution in [0, 0.1) is 0 Å². The van der Waals surface area contributed by atoms with Crippen LogP contribution in [0.5, 0.6) is 0 Å². The Bertz CT molecular complexity index is 654. The van der Waals surface area contributed by atoms with Gasteiger partial charge in [-0.1, -0.05) is 61.5 Å². The number of amides is 1. The summed E-state index contributed by atoms with van der Waals surface area (Å²) in [5, 5.41) is 6.65. The Morgan fingerprint density at radius 3 is 2.70 bits per heavy atom. The van der Waals surface area contributed by atoms with Crippen molar-refractivity contribution in [2.75, 3.05) is 13.1 Å². The van der Waals surface area contributed by atoms with Gasteiger partial charge < -0.3 is 10.6 Å². The first kappa shape index (κ1) is 15.8. The van der Waals surface area contributed by atoms with Crippen LogP contribution in [0.15, 0.2) is 54.6 Å². The largest absolute Gasteiger partial charge is 0.354 e. The monoisotopic (exact) mass is 308 g/mol. The van der Waals surface area contributed by atoms with Gasteiger partial charge >= 0.3 is 0 Å². The maximum absolute atomic E-state index is 12.6. The summed E-state index contributed by atoms with van der Waals surface area (Å²) in [6.07, 6.45) is 1.87. The lowest BCUT2D eigenvalue weighted by molar-refractivity contribution is -0.122. The third kappa shape index (κ3) is 3.62. The normalized spacial score (nSPS) is 18.0. The minimum atomic E-state index is -0.0740. The summed E-state index contributed by atoms with van der Waals surface area (Å²) < 4.78 is 0. The number of fused-ring (bicyclic) bond motifs is 1. The fraction of sp³-hybridized carbons (Fsp3) is 0.350. The molecule has 0 radical (unpaired) electrons. The molecule has 3 heteroatoms. The molecule has 0 aliphatic carbocycles. The zero-order chi connectivity index (χ0) is 16.1. The van der Waals surface area contributed by atoms with Crippen LogP contribution in [-0.4, -0.2) is 19.0 Å². The van der Waals surface area contributed by atoms with E-state index < -0.39 is 0 Å². The first-order valence-electron chi connectivity index (χ1n) is 8.43. The molecular formula is C20H24N2O. The molecular weight excluding hydrogens is 284 g/mol. The lowest BCUT2D eigenvalue weighted by Crippen LogP contribution is -2.40. The van der Waals surface area contributed by atoms with E-state index in [1.54, 1.807) is 0 Å². The number of rotatable bonds is 5. The molecule has 2 atom stereocenters. The molecule has 0 saturated heterocycles. The first-order valence-corrected chi connectivity index (χ1v) is 8.43. The van der Waals surface area contributed by atoms with E-state index in [0.29, 0.717) is 6.54 Å². The Morgan fingerprint density at radius 2 is 1.91 bits per heavy atom. The second-order valence-corrected chi connectivity index (χ2v) is 6.07. The molecule has 1 amide bonds. The van der Waals surface area contributed by atoms with Gasteiger partial charge in [0.1, 0.15) is 0 Å². The summed E-state index contributed by atoms with van der Waals surface area (Å²) in [7, 11) is 0. The molecule has 0 bridgehead atoms. The van der Waals surface area contributed by atoms with Crippen molar-refractivity contribution in [3.63, 3.8) is 0 Å². The zero-order valence-corrected chi connectivity index (χ0v) is 13.6. The smallest absolute Gasteiger partial charge is 0.227 e. The minimum Gasteiger partial charge on any atom is -0.354 e. The van der Waals surface area contributed by atoms with E-state index in [0.717, 1.165) is 24.9 Å². The van der Waals surface area contributed by atoms with Crippen LogP contribution < -0.4 is 10.6 Å². The molecule has 2 N–H and O–H groups in total. The highest BCUT2D eigenvalue weighted by molar-refractivity contribution is 5.83. The van der Waals surface area contributed by atoms with Gasteiger partial charge in [-0.25, -0.2) is 0 Å². The lowest BCUT2D eigenvalue weighted by atomic mass is 9.93. The van der Waals surface area contributed by atoms with Crippen LogP contribution in [-0.2, 0) is 11.2 Å². The van der Waals surface area contributed by atoms with Gasteiger partial charge in [0.15, 0.2) is 0 Å². The van der Waals surface area contributed by atoms with Crippen LogP contribution in [0.3, 0.4) is 0 Å². The van der Waals surface area contributed by atoms with Crippen molar-refractivity contribution in [3.8, 4) is 0 Å². The highest BCUT2D eigenvalue weighted by atomic mass is 16.1. The molecule has 2 aromatic carbocycles. The highest BCUT2D eigenvalue weighted by Crippen LogP contribution is 2.23. The third-order valence-electron chi connectivity index (χ3n) is 4.62. The van der Waals surface area contributed by atoms with Crippen molar-refractivity contribution in [3.05, 3.63) is 71.3 Å². The summed E-state index contributed by atoms with van der Waals surface area (Å²) in [6, 6.07) is 18.7. The number of carbonyl (C=O) groups excluding carboxylic acids is 1. The van der Waals surface area contributed by atoms with Crippen molar-refractivity contribution < 1.29 is 4.79 Å². The molecule has 0 aromatic heterocycles. The molecule has 1 aliphatic heterocycles. The SMILES string of the molecule is CCC(C(=O)NCC1NCCc2ccccc21)c1ccccc1. The van der Waals surface area contributed by atoms with Crippen LogP contribution >= 0.6 is 0 Å². The van der Waals surface area contributed by atoms with Gasteiger partial charge in [0, 0.05) is 12.6 Å². The molecule has 0 fully saturated rings. The number of hydrogen-bond acceptors (Lipinski definition) is 2. The Labute approximate surface area is 138 Å². The van der Waals surface area contributed by atoms with Crippen LogP contribution in [0.25, 0.3) is 0 Å². The van der Waals surface area contributed by atoms with Crippen LogP contribution in [0.4, 0.5) is 0 Å². The van der Waals surface area contributed by atoms with Gasteiger partial charge in [-0.3, -0.25) is 4.79 Å². The van der Waals surface area contributed by atoms with Gasteiger partial charge in [-0.15, -0.1) is 0 Å². The van der Waals surface area contributed by atoms with Gasteiger partial charge in [0.25, 0.3) is 0 Å². The van der Waals surface area contributed by atoms with Gasteiger partial charge in [0.05, 0.1) is 5.92 Å². The predicted octanol–water partition coefficient (Wildman–Crippen LogP) is 3.18. The number of carbonyl (C=O) groups is 1. The van der Waals surface area contributed by atoms with Crippen LogP contribution in [0.2, 0.25) is 0 Å². The fourth-order valence-electron chi connectivity index (χ4n) is 3.36. The molecule has 23 heavy (non-hydrogen) atoms. The van der Waals surface area contributed by atoms with Crippen molar-refractivity contribution in [2.24, 2.45) is 0 Å². The van der Waals surface area contributed by atoms with Gasteiger partial charge in [-0.05, 0) is 36.1 Å². The van der Waals surface area contributed by atoms with E-state index in [1.807, 2.05) is 30.3 Å². The quantitative estimate of drug-likeness (QED) is 0.890. The molecule has 1 aliphatic rings. The second-order valence-electron chi connectivity index (χ2n) is 6.07. The molecule has 2 aromatic rings. The molecule has 0 saturated carbocycles. The topological polar surface area (TPSA) is 41.1 Å². The van der Waals surface area contributed by atoms with E-state index in [1.165, 1.54) is 11.1 Å². The Hall–Kier alpha value is -2.13. The number of hydrogen-bond donors (Lipinski definition) is 2. The lowest BCUT2D eigenvalue weighted by Gasteiger charge is -2.27. The zero-order valence-electron chi connectivity index (χ0n) is 13.6. The maximum Gasteiger partial charge on any atom is 0.227 e. The van der Waals surface area contributed by atoms with E-state index >= 15 is 0 Å². The second kappa shape index (κ2) is 7.42. The summed E-state index contributed by atoms with van der Waals surface area (Å²) in [5.74, 6) is 0.0404. The van der Waals surface area contributed by atoms with E-state index in [4.69, 9.17) is 0 Å². The van der Waals surface area contributed by atoms with Gasteiger partial charge in [-0.2, -0.15) is 0 Å². The summed E-state index contributed by atoms with van der Waals surface area (Å²) in [5.41, 5.74) is 3.79. The van der Waals surface area contributed by atoms with Crippen molar-refractivity contribution in [1.29, 1.82) is 0 Å². The molecule has 1 heterocycles. The fourth-order valence-corrected chi connectivity index (χ4v) is 3.36. The van der Waals surface area contributed by atoms with Crippen molar-refractivity contribution >= 4 is 5.91 Å². The van der Waals surface area contributed by atoms with Gasteiger partial charge in [0.2, 0.25) is 5.91 Å². The van der Waals surface area contributed by atoms with E-state index in [9.17, 15) is 4.79 Å². The third-order valence-corrected chi connectivity index (χ3v) is 4.62. The Kier molecular flexibility index (Phi) is 5.09. The Balaban J connectivity index is 1.65. The molecule has 120 valence electrons. The van der Waals surface area contributed by atoms with E-state index in [-0.39, 0.29) is 17.9 Å². The minimum absolute atomic E-state index is 0.0740. The first-order chi connectivity index (χ1) is 11.3. The average Bonchev–Trinajstić information content (AvgIpc) is 2.61. The molecule has 0 spiro atoms. The summed E-state index contributed by atoms with van der Waals surface area (Å²) >= 11 is 0. The molecule has 3 rings (SSSR count). The number of nitrogens with one attached hydrogen (secondary N) is 2. The van der Waals surface area contributed by atoms with E-state index in [2.05, 4.69) is 41.8 Å². The van der Waals surface area contributed by atoms with Crippen LogP contribution in [0.1, 0.15) is 42.0 Å². The average molecular weight is 308 g/mol. The maximum atomic E-state index is 12.6. The van der Waals surface area contributed by atoms with Crippen molar-refractivity contribution in [2.45, 2.75) is 31.7 Å². The standard InChI is InChI=1S/C20H24N2O/c1-2-17(15-8-4-3-5-9-15)20(23)22-14-19-18-11-7-6-10-16(18)12-13-21-19/h3-11,17,19,21H,2,12-14H2,1H3,(H,22,23). The highest BCUT2D eigenvalue weighted by Gasteiger charge is 2.22. The Morgan fingerprint density at radius 1 is 1.17 bits per heavy atom. The summed E-state index contributed by atoms with van der Waals surface area (Å²) in [6.45, 7) is 3.66. The summed E-state index contributed by atoms with van der Waals surface area (Å²) in [4.78, 5) is 12.6. The molecule has 3 nitrogen and oxygen atoms in total. The predicted molar refractivity (Wildman–Crippen MR) is 93.4 cm³/mol. The number of benzene rings is 2. The molecule has 2 unspecified atom stereocenters.